The summed E-state index contributed by atoms with van der Waals surface area (Å²) < 4.78 is 0. The molecule has 4 atom stereocenters. The summed E-state index contributed by atoms with van der Waals surface area (Å²) in [4.78, 5) is 4.37. The van der Waals surface area contributed by atoms with Gasteiger partial charge in [-0.2, -0.15) is 0 Å². The molecule has 0 radical (unpaired) electrons. The molecule has 1 aromatic rings. The second-order valence-electron chi connectivity index (χ2n) is 2.54. The Hall–Kier alpha value is 0.870. The van der Waals surface area contributed by atoms with Gasteiger partial charge in [-0.15, -0.1) is 18.5 Å². The van der Waals surface area contributed by atoms with E-state index in [2.05, 4.69) is 48.9 Å². The zero-order valence-corrected chi connectivity index (χ0v) is 11.6. The van der Waals surface area contributed by atoms with E-state index in [1.54, 1.807) is 0 Å². The third-order valence-corrected chi connectivity index (χ3v) is 4.63. The van der Waals surface area contributed by atoms with E-state index >= 15 is 0 Å². The highest BCUT2D eigenvalue weighted by molar-refractivity contribution is 7.38. The molecule has 5 heteroatoms. The van der Waals surface area contributed by atoms with Crippen molar-refractivity contribution < 1.29 is 0 Å². The summed E-state index contributed by atoms with van der Waals surface area (Å²) in [7, 11) is 10.8. The molecule has 0 saturated carbocycles. The van der Waals surface area contributed by atoms with Crippen molar-refractivity contribution >= 4 is 58.4 Å². The minimum absolute atomic E-state index is 1.02. The van der Waals surface area contributed by atoms with Crippen LogP contribution in [0.2, 0.25) is 0 Å². The number of rotatable bonds is 1. The van der Waals surface area contributed by atoms with Crippen LogP contribution in [-0.4, -0.2) is 4.98 Å². The van der Waals surface area contributed by atoms with E-state index in [-0.39, 0.29) is 0 Å². The third-order valence-electron chi connectivity index (χ3n) is 1.80. The molecular formula is C7H13NP4. The van der Waals surface area contributed by atoms with Crippen LogP contribution in [-0.2, 0) is 6.42 Å². The van der Waals surface area contributed by atoms with E-state index in [4.69, 9.17) is 0 Å². The normalized spacial score (nSPS) is 10.4. The molecule has 1 nitrogen and oxygen atoms in total. The number of aromatic nitrogens is 1. The fourth-order valence-corrected chi connectivity index (χ4v) is 2.88. The lowest BCUT2D eigenvalue weighted by Crippen LogP contribution is -2.34. The van der Waals surface area contributed by atoms with Crippen LogP contribution in [0, 0.1) is 0 Å². The van der Waals surface area contributed by atoms with Gasteiger partial charge < -0.3 is 0 Å². The highest BCUT2D eigenvalue weighted by Gasteiger charge is 2.07. The second-order valence-corrected chi connectivity index (χ2v) is 4.79. The molecule has 0 amide bonds. The molecule has 0 aliphatic rings. The van der Waals surface area contributed by atoms with Crippen LogP contribution in [0.1, 0.15) is 12.5 Å². The Morgan fingerprint density at radius 2 is 1.42 bits per heavy atom. The Kier molecular flexibility index (Phi) is 4.01. The summed E-state index contributed by atoms with van der Waals surface area (Å²) in [6, 6.07) is 0. The molecular weight excluding hydrogens is 222 g/mol. The Morgan fingerprint density at radius 3 is 1.75 bits per heavy atom. The van der Waals surface area contributed by atoms with Crippen molar-refractivity contribution in [2.75, 3.05) is 0 Å². The van der Waals surface area contributed by atoms with E-state index in [0.717, 1.165) is 17.3 Å². The summed E-state index contributed by atoms with van der Waals surface area (Å²) in [5, 5.41) is 2.41. The standard InChI is InChI=1S/C7H13NP4/c1-2-3-4(9)6(11)8-7(12)5(3)10/h2,9-12H2,1H3. The Morgan fingerprint density at radius 1 is 1.00 bits per heavy atom. The lowest BCUT2D eigenvalue weighted by molar-refractivity contribution is 1.17. The van der Waals surface area contributed by atoms with Gasteiger partial charge in [0.25, 0.3) is 0 Å². The van der Waals surface area contributed by atoms with Crippen LogP contribution in [0.4, 0.5) is 0 Å². The van der Waals surface area contributed by atoms with E-state index in [9.17, 15) is 0 Å². The molecule has 0 fully saturated rings. The molecule has 1 heterocycles. The zero-order chi connectivity index (χ0) is 9.30. The van der Waals surface area contributed by atoms with Crippen LogP contribution in [0.15, 0.2) is 0 Å². The smallest absolute Gasteiger partial charge is 0.0650 e. The molecule has 66 valence electrons. The topological polar surface area (TPSA) is 12.9 Å². The minimum atomic E-state index is 1.02. The van der Waals surface area contributed by atoms with Crippen molar-refractivity contribution in [3.63, 3.8) is 0 Å². The Bertz CT molecular complexity index is 285. The molecule has 0 saturated heterocycles. The van der Waals surface area contributed by atoms with Crippen molar-refractivity contribution in [3.05, 3.63) is 5.56 Å². The minimum Gasteiger partial charge on any atom is -0.248 e. The summed E-state index contributed by atoms with van der Waals surface area (Å²) in [6.07, 6.45) is 1.04. The van der Waals surface area contributed by atoms with Gasteiger partial charge in [0.15, 0.2) is 0 Å². The van der Waals surface area contributed by atoms with Gasteiger partial charge in [0.1, 0.15) is 0 Å². The number of nitrogens with zero attached hydrogens (tertiary/aromatic N) is 1. The van der Waals surface area contributed by atoms with Crippen molar-refractivity contribution in [1.82, 2.24) is 4.98 Å². The molecule has 0 spiro atoms. The van der Waals surface area contributed by atoms with Gasteiger partial charge in [-0.25, -0.2) is 4.98 Å². The first-order valence-corrected chi connectivity index (χ1v) is 5.97. The first kappa shape index (κ1) is 10.9. The van der Waals surface area contributed by atoms with Gasteiger partial charge in [-0.1, -0.05) is 25.4 Å². The predicted octanol–water partition coefficient (Wildman–Crippen LogP) is -0.354. The molecule has 0 N–H and O–H groups in total. The number of pyridine rings is 1. The van der Waals surface area contributed by atoms with Gasteiger partial charge in [-0.3, -0.25) is 0 Å². The number of hydrogen-bond donors (Lipinski definition) is 0. The molecule has 1 rings (SSSR count). The van der Waals surface area contributed by atoms with E-state index in [1.165, 1.54) is 16.2 Å². The van der Waals surface area contributed by atoms with E-state index < -0.39 is 0 Å². The van der Waals surface area contributed by atoms with Crippen LogP contribution < -0.4 is 21.5 Å². The first-order chi connectivity index (χ1) is 5.57. The highest BCUT2D eigenvalue weighted by Crippen LogP contribution is 2.02. The molecule has 0 bridgehead atoms. The average molecular weight is 235 g/mol. The lowest BCUT2D eigenvalue weighted by Gasteiger charge is -2.11. The molecule has 4 unspecified atom stereocenters. The van der Waals surface area contributed by atoms with Crippen molar-refractivity contribution in [3.8, 4) is 0 Å². The molecule has 0 aliphatic heterocycles. The SMILES string of the molecule is CCc1c(P)c(P)nc(P)c1P. The lowest BCUT2D eigenvalue weighted by atomic mass is 10.2. The third kappa shape index (κ3) is 2.02. The summed E-state index contributed by atoms with van der Waals surface area (Å²) >= 11 is 0. The van der Waals surface area contributed by atoms with Crippen molar-refractivity contribution in [2.45, 2.75) is 13.3 Å². The zero-order valence-electron chi connectivity index (χ0n) is 6.96. The molecule has 0 aromatic carbocycles. The summed E-state index contributed by atoms with van der Waals surface area (Å²) in [6.45, 7) is 2.16. The van der Waals surface area contributed by atoms with Crippen LogP contribution >= 0.6 is 37.0 Å². The second kappa shape index (κ2) is 4.39. The van der Waals surface area contributed by atoms with Crippen molar-refractivity contribution in [1.29, 1.82) is 0 Å². The van der Waals surface area contributed by atoms with Gasteiger partial charge >= 0.3 is 0 Å². The van der Waals surface area contributed by atoms with Gasteiger partial charge in [-0.05, 0) is 22.6 Å². The molecule has 12 heavy (non-hydrogen) atoms. The largest absolute Gasteiger partial charge is 0.248 e. The summed E-state index contributed by atoms with van der Waals surface area (Å²) in [5.41, 5.74) is 3.40. The average Bonchev–Trinajstić information content (AvgIpc) is 2.02. The van der Waals surface area contributed by atoms with Crippen LogP contribution in [0.25, 0.3) is 0 Å². The van der Waals surface area contributed by atoms with E-state index in [1.807, 2.05) is 0 Å². The molecule has 0 aliphatic carbocycles. The first-order valence-electron chi connectivity index (χ1n) is 3.66. The Labute approximate surface area is 82.7 Å². The number of hydrogen-bond acceptors (Lipinski definition) is 1. The van der Waals surface area contributed by atoms with Gasteiger partial charge in [0, 0.05) is 0 Å². The highest BCUT2D eigenvalue weighted by atomic mass is 31.0. The van der Waals surface area contributed by atoms with Gasteiger partial charge in [0.2, 0.25) is 0 Å². The maximum absolute atomic E-state index is 4.37. The molecule has 1 aromatic heterocycles. The summed E-state index contributed by atoms with van der Waals surface area (Å²) in [5.74, 6) is 0. The monoisotopic (exact) mass is 235 g/mol. The van der Waals surface area contributed by atoms with Crippen LogP contribution in [0.5, 0.6) is 0 Å². The predicted molar refractivity (Wildman–Crippen MR) is 71.0 cm³/mol. The quantitative estimate of drug-likeness (QED) is 0.606. The maximum atomic E-state index is 4.37. The van der Waals surface area contributed by atoms with E-state index in [0.29, 0.717) is 0 Å². The van der Waals surface area contributed by atoms with Crippen molar-refractivity contribution in [2.24, 2.45) is 0 Å². The maximum Gasteiger partial charge on any atom is 0.0650 e. The van der Waals surface area contributed by atoms with Gasteiger partial charge in [0.05, 0.1) is 10.9 Å². The van der Waals surface area contributed by atoms with Crippen LogP contribution in [0.3, 0.4) is 0 Å². The Balaban J connectivity index is 3.42. The fraction of sp³-hybridized carbons (Fsp3) is 0.286. The fourth-order valence-electron chi connectivity index (χ4n) is 1.09.